The van der Waals surface area contributed by atoms with Crippen LogP contribution in [-0.2, 0) is 11.8 Å². The number of hydrogen-bond donors (Lipinski definition) is 2. The Morgan fingerprint density at radius 2 is 2.08 bits per heavy atom. The molecule has 1 rings (SSSR count). The normalized spacial score (nSPS) is 13.1. The Labute approximate surface area is 143 Å². The van der Waals surface area contributed by atoms with E-state index in [4.69, 9.17) is 5.26 Å². The lowest BCUT2D eigenvalue weighted by molar-refractivity contribution is -0.118. The van der Waals surface area contributed by atoms with Crippen molar-refractivity contribution in [1.29, 1.82) is 10.5 Å². The summed E-state index contributed by atoms with van der Waals surface area (Å²) in [5.74, 6) is -0.525. The second-order valence-electron chi connectivity index (χ2n) is 7.03. The Kier molecular flexibility index (Phi) is 6.34. The van der Waals surface area contributed by atoms with Crippen LogP contribution in [0.1, 0.15) is 44.1 Å². The summed E-state index contributed by atoms with van der Waals surface area (Å²) in [7, 11) is 1.75. The quantitative estimate of drug-likeness (QED) is 0.637. The van der Waals surface area contributed by atoms with E-state index < -0.39 is 11.9 Å². The number of amides is 1. The lowest BCUT2D eigenvalue weighted by Gasteiger charge is -2.25. The summed E-state index contributed by atoms with van der Waals surface area (Å²) >= 11 is 0. The molecule has 0 aliphatic rings. The second-order valence-corrected chi connectivity index (χ2v) is 7.03. The Morgan fingerprint density at radius 1 is 1.46 bits per heavy atom. The van der Waals surface area contributed by atoms with Gasteiger partial charge in [-0.25, -0.2) is 0 Å². The maximum absolute atomic E-state index is 12.3. The molecule has 0 spiro atoms. The third-order valence-corrected chi connectivity index (χ3v) is 3.77. The van der Waals surface area contributed by atoms with Gasteiger partial charge in [-0.15, -0.1) is 0 Å². The molecular formula is C18H24N4O2. The lowest BCUT2D eigenvalue weighted by Crippen LogP contribution is -2.40. The van der Waals surface area contributed by atoms with E-state index in [1.165, 1.54) is 6.08 Å². The third kappa shape index (κ3) is 4.97. The van der Waals surface area contributed by atoms with Crippen LogP contribution in [0, 0.1) is 35.0 Å². The highest BCUT2D eigenvalue weighted by Gasteiger charge is 2.21. The minimum absolute atomic E-state index is 0.0550. The van der Waals surface area contributed by atoms with Crippen molar-refractivity contribution in [3.63, 3.8) is 0 Å². The molecule has 1 atom stereocenters. The molecule has 2 N–H and O–H groups in total. The summed E-state index contributed by atoms with van der Waals surface area (Å²) in [6.07, 6.45) is 2.06. The zero-order chi connectivity index (χ0) is 18.5. The zero-order valence-electron chi connectivity index (χ0n) is 14.8. The van der Waals surface area contributed by atoms with E-state index in [1.807, 2.05) is 33.8 Å². The fourth-order valence-electron chi connectivity index (χ4n) is 2.44. The summed E-state index contributed by atoms with van der Waals surface area (Å²) in [6, 6.07) is 5.17. The van der Waals surface area contributed by atoms with Crippen molar-refractivity contribution < 1.29 is 9.90 Å². The van der Waals surface area contributed by atoms with Crippen LogP contribution < -0.4 is 5.32 Å². The Morgan fingerprint density at radius 3 is 2.50 bits per heavy atom. The van der Waals surface area contributed by atoms with Crippen molar-refractivity contribution in [2.24, 2.45) is 12.5 Å². The molecular weight excluding hydrogens is 304 g/mol. The molecule has 0 saturated carbocycles. The molecule has 24 heavy (non-hydrogen) atoms. The third-order valence-electron chi connectivity index (χ3n) is 3.77. The van der Waals surface area contributed by atoms with Gasteiger partial charge in [-0.05, 0) is 36.5 Å². The van der Waals surface area contributed by atoms with Crippen molar-refractivity contribution in [2.45, 2.75) is 40.2 Å². The fourth-order valence-corrected chi connectivity index (χ4v) is 2.44. The fraction of sp³-hybridized carbons (Fsp3) is 0.500. The maximum atomic E-state index is 12.3. The van der Waals surface area contributed by atoms with Gasteiger partial charge in [0.05, 0.1) is 12.6 Å². The number of rotatable bonds is 5. The van der Waals surface area contributed by atoms with Crippen LogP contribution in [0.25, 0.3) is 6.08 Å². The predicted molar refractivity (Wildman–Crippen MR) is 91.5 cm³/mol. The standard InChI is InChI=1S/C18H24N4O2/c1-12-13(7-16(10-20)22(12)5)6-14(9-19)17(24)21-15(11-23)8-18(2,3)4/h6-7,15,23H,8,11H2,1-5H3,(H,21,24)/b14-6-. The highest BCUT2D eigenvalue weighted by Crippen LogP contribution is 2.21. The van der Waals surface area contributed by atoms with Gasteiger partial charge < -0.3 is 15.0 Å². The van der Waals surface area contributed by atoms with Crippen molar-refractivity contribution >= 4 is 12.0 Å². The molecule has 128 valence electrons. The van der Waals surface area contributed by atoms with Crippen LogP contribution in [0.4, 0.5) is 0 Å². The average Bonchev–Trinajstić information content (AvgIpc) is 2.77. The molecule has 0 aliphatic heterocycles. The summed E-state index contributed by atoms with van der Waals surface area (Å²) < 4.78 is 1.70. The first-order chi connectivity index (χ1) is 11.1. The Bertz CT molecular complexity index is 724. The van der Waals surface area contributed by atoms with Crippen LogP contribution in [-0.4, -0.2) is 28.2 Å². The summed E-state index contributed by atoms with van der Waals surface area (Å²) in [4.78, 5) is 12.3. The summed E-state index contributed by atoms with van der Waals surface area (Å²) in [5.41, 5.74) is 1.78. The molecule has 1 unspecified atom stereocenters. The number of carbonyl (C=O) groups excluding carboxylic acids is 1. The second kappa shape index (κ2) is 7.81. The number of hydrogen-bond acceptors (Lipinski definition) is 4. The molecule has 0 radical (unpaired) electrons. The van der Waals surface area contributed by atoms with E-state index in [0.717, 1.165) is 5.69 Å². The van der Waals surface area contributed by atoms with Crippen LogP contribution in [0.15, 0.2) is 11.6 Å². The number of carbonyl (C=O) groups is 1. The van der Waals surface area contributed by atoms with Gasteiger partial charge in [0, 0.05) is 12.7 Å². The topological polar surface area (TPSA) is 102 Å². The van der Waals surface area contributed by atoms with E-state index in [-0.39, 0.29) is 17.6 Å². The van der Waals surface area contributed by atoms with Crippen LogP contribution in [0.3, 0.4) is 0 Å². The minimum Gasteiger partial charge on any atom is -0.394 e. The van der Waals surface area contributed by atoms with Crippen LogP contribution in [0.2, 0.25) is 0 Å². The van der Waals surface area contributed by atoms with Gasteiger partial charge in [0.1, 0.15) is 23.4 Å². The SMILES string of the molecule is Cc1c(/C=C(/C#N)C(=O)NC(CO)CC(C)(C)C)cc(C#N)n1C. The van der Waals surface area contributed by atoms with E-state index in [2.05, 4.69) is 11.4 Å². The number of nitriles is 2. The van der Waals surface area contributed by atoms with Crippen LogP contribution >= 0.6 is 0 Å². The molecule has 0 aromatic carbocycles. The number of aliphatic hydroxyl groups excluding tert-OH is 1. The number of nitrogens with zero attached hydrogens (tertiary/aromatic N) is 3. The first-order valence-corrected chi connectivity index (χ1v) is 7.73. The Balaban J connectivity index is 3.03. The first kappa shape index (κ1) is 19.5. The van der Waals surface area contributed by atoms with Gasteiger partial charge in [-0.3, -0.25) is 4.79 Å². The molecule has 0 saturated heterocycles. The molecule has 0 fully saturated rings. The number of aromatic nitrogens is 1. The molecule has 1 heterocycles. The van der Waals surface area contributed by atoms with Gasteiger partial charge in [0.15, 0.2) is 0 Å². The van der Waals surface area contributed by atoms with E-state index in [9.17, 15) is 15.2 Å². The molecule has 1 aromatic heterocycles. The minimum atomic E-state index is -0.525. The largest absolute Gasteiger partial charge is 0.394 e. The van der Waals surface area contributed by atoms with Gasteiger partial charge in [-0.2, -0.15) is 10.5 Å². The molecule has 1 amide bonds. The molecule has 6 nitrogen and oxygen atoms in total. The average molecular weight is 328 g/mol. The molecule has 0 bridgehead atoms. The summed E-state index contributed by atoms with van der Waals surface area (Å²) in [5, 5.41) is 30.5. The maximum Gasteiger partial charge on any atom is 0.262 e. The predicted octanol–water partition coefficient (Wildman–Crippen LogP) is 2.03. The van der Waals surface area contributed by atoms with Gasteiger partial charge in [-0.1, -0.05) is 20.8 Å². The van der Waals surface area contributed by atoms with Gasteiger partial charge >= 0.3 is 0 Å². The Hall–Kier alpha value is -2.57. The smallest absolute Gasteiger partial charge is 0.262 e. The van der Waals surface area contributed by atoms with Crippen molar-refractivity contribution in [3.8, 4) is 12.1 Å². The first-order valence-electron chi connectivity index (χ1n) is 7.73. The zero-order valence-corrected chi connectivity index (χ0v) is 14.8. The number of nitrogens with one attached hydrogen (secondary N) is 1. The molecule has 1 aromatic rings. The molecule has 0 aliphatic carbocycles. The number of aliphatic hydroxyl groups is 1. The van der Waals surface area contributed by atoms with Gasteiger partial charge in [0.2, 0.25) is 0 Å². The highest BCUT2D eigenvalue weighted by atomic mass is 16.3. The van der Waals surface area contributed by atoms with E-state index in [0.29, 0.717) is 17.7 Å². The van der Waals surface area contributed by atoms with Crippen LogP contribution in [0.5, 0.6) is 0 Å². The lowest BCUT2D eigenvalue weighted by atomic mass is 9.88. The highest BCUT2D eigenvalue weighted by molar-refractivity contribution is 6.02. The van der Waals surface area contributed by atoms with Crippen molar-refractivity contribution in [2.75, 3.05) is 6.61 Å². The summed E-state index contributed by atoms with van der Waals surface area (Å²) in [6.45, 7) is 7.67. The van der Waals surface area contributed by atoms with E-state index >= 15 is 0 Å². The van der Waals surface area contributed by atoms with Crippen molar-refractivity contribution in [1.82, 2.24) is 9.88 Å². The van der Waals surface area contributed by atoms with Gasteiger partial charge in [0.25, 0.3) is 5.91 Å². The monoisotopic (exact) mass is 328 g/mol. The van der Waals surface area contributed by atoms with Crippen molar-refractivity contribution in [3.05, 3.63) is 28.6 Å². The molecule has 6 heteroatoms. The van der Waals surface area contributed by atoms with E-state index in [1.54, 1.807) is 17.7 Å².